The number of benzene rings is 3. The average Bonchev–Trinajstić information content (AvgIpc) is 3.23. The van der Waals surface area contributed by atoms with Crippen molar-refractivity contribution in [1.29, 1.82) is 0 Å². The Bertz CT molecular complexity index is 2130. The Hall–Kier alpha value is -5.57. The van der Waals surface area contributed by atoms with Crippen LogP contribution in [0.15, 0.2) is 79.0 Å². The molecule has 316 valence electrons. The van der Waals surface area contributed by atoms with Crippen LogP contribution in [0.3, 0.4) is 0 Å². The van der Waals surface area contributed by atoms with Crippen molar-refractivity contribution in [3.8, 4) is 11.3 Å². The highest BCUT2D eigenvalue weighted by Crippen LogP contribution is 2.29. The predicted molar refractivity (Wildman–Crippen MR) is 234 cm³/mol. The molecule has 0 atom stereocenters. The van der Waals surface area contributed by atoms with Gasteiger partial charge in [0.05, 0.1) is 31.0 Å². The molecule has 3 N–H and O–H groups in total. The number of ether oxygens (including phenoxy) is 1. The first-order valence-corrected chi connectivity index (χ1v) is 21.5. The maximum absolute atomic E-state index is 12.6. The standard InChI is InChI=1S/C46H58N10O4/c1-32(2)60-41-30-55(31-41)45(58)48-27-37-10-9-36(25-33(37)3)42-13-17-47-44(50-42)49-38-11-7-34(8-12-38)28-52-21-23-53(24-22-52)29-35-14-18-54(19-15-35)39-5-4-6-40(26-39)56-20-16-43(57)51-46(56)59/h4-13,17,25-26,32,35,41H,14-16,18-24,27-31H2,1-3H3,(H,48,58)(H,47,49,50)(H,51,57,59). The fourth-order valence-corrected chi connectivity index (χ4v) is 8.61. The van der Waals surface area contributed by atoms with Crippen LogP contribution in [0.1, 0.15) is 49.8 Å². The van der Waals surface area contributed by atoms with Crippen LogP contribution in [-0.2, 0) is 22.6 Å². The lowest BCUT2D eigenvalue weighted by Gasteiger charge is -2.39. The van der Waals surface area contributed by atoms with E-state index in [1.54, 1.807) is 16.0 Å². The van der Waals surface area contributed by atoms with Crippen LogP contribution in [0.5, 0.6) is 0 Å². The second-order valence-corrected chi connectivity index (χ2v) is 16.9. The molecular weight excluding hydrogens is 757 g/mol. The summed E-state index contributed by atoms with van der Waals surface area (Å²) < 4.78 is 5.77. The maximum atomic E-state index is 12.6. The molecule has 5 heterocycles. The number of hydrogen-bond donors (Lipinski definition) is 3. The zero-order chi connectivity index (χ0) is 41.6. The van der Waals surface area contributed by atoms with E-state index in [0.717, 1.165) is 105 Å². The Labute approximate surface area is 353 Å². The van der Waals surface area contributed by atoms with Crippen LogP contribution in [0.4, 0.5) is 32.6 Å². The molecular formula is C46H58N10O4. The number of urea groups is 2. The number of hydrogen-bond acceptors (Lipinski definition) is 10. The number of imide groups is 1. The van der Waals surface area contributed by atoms with Gasteiger partial charge in [0.2, 0.25) is 11.9 Å². The molecule has 0 spiro atoms. The first-order valence-electron chi connectivity index (χ1n) is 21.5. The maximum Gasteiger partial charge on any atom is 0.328 e. The summed E-state index contributed by atoms with van der Waals surface area (Å²) >= 11 is 0. The Morgan fingerprint density at radius 2 is 1.63 bits per heavy atom. The molecule has 8 rings (SSSR count). The SMILES string of the molecule is Cc1cc(-c2ccnc(Nc3ccc(CN4CCN(CC5CCN(c6cccc(N7CCC(=O)NC7=O)c6)CC5)CC4)cc3)n2)ccc1CNC(=O)N1CC(OC(C)C)C1. The first-order chi connectivity index (χ1) is 29.1. The molecule has 0 radical (unpaired) electrons. The zero-order valence-electron chi connectivity index (χ0n) is 35.1. The third kappa shape index (κ3) is 10.4. The lowest BCUT2D eigenvalue weighted by molar-refractivity contribution is -0.120. The molecule has 1 aromatic heterocycles. The number of piperidine rings is 1. The normalized spacial score (nSPS) is 18.4. The largest absolute Gasteiger partial charge is 0.372 e. The highest BCUT2D eigenvalue weighted by atomic mass is 16.5. The predicted octanol–water partition coefficient (Wildman–Crippen LogP) is 5.99. The molecule has 60 heavy (non-hydrogen) atoms. The van der Waals surface area contributed by atoms with Crippen LogP contribution in [0, 0.1) is 12.8 Å². The minimum absolute atomic E-state index is 0.0606. The number of nitrogens with zero attached hydrogens (tertiary/aromatic N) is 7. The lowest BCUT2D eigenvalue weighted by Crippen LogP contribution is -2.58. The molecule has 0 saturated carbocycles. The lowest BCUT2D eigenvalue weighted by atomic mass is 9.95. The van der Waals surface area contributed by atoms with E-state index in [1.807, 2.05) is 38.1 Å². The molecule has 0 unspecified atom stereocenters. The number of aromatic nitrogens is 2. The van der Waals surface area contributed by atoms with Crippen molar-refractivity contribution < 1.29 is 19.1 Å². The molecule has 14 nitrogen and oxygen atoms in total. The van der Waals surface area contributed by atoms with Crippen LogP contribution >= 0.6 is 0 Å². The number of piperazine rings is 1. The van der Waals surface area contributed by atoms with E-state index in [2.05, 4.69) is 91.1 Å². The van der Waals surface area contributed by atoms with Crippen molar-refractivity contribution >= 4 is 41.0 Å². The number of likely N-dealkylation sites (tertiary alicyclic amines) is 1. The van der Waals surface area contributed by atoms with Gasteiger partial charge in [0.1, 0.15) is 0 Å². The van der Waals surface area contributed by atoms with Gasteiger partial charge < -0.3 is 30.1 Å². The molecule has 4 fully saturated rings. The summed E-state index contributed by atoms with van der Waals surface area (Å²) in [6.45, 7) is 16.6. The van der Waals surface area contributed by atoms with Crippen molar-refractivity contribution in [1.82, 2.24) is 35.3 Å². The van der Waals surface area contributed by atoms with E-state index >= 15 is 0 Å². The first kappa shape index (κ1) is 41.2. The fourth-order valence-electron chi connectivity index (χ4n) is 8.61. The number of rotatable bonds is 13. The van der Waals surface area contributed by atoms with Crippen LogP contribution in [-0.4, -0.2) is 120 Å². The van der Waals surface area contributed by atoms with E-state index in [4.69, 9.17) is 9.72 Å². The second kappa shape index (κ2) is 18.8. The number of amides is 5. The van der Waals surface area contributed by atoms with Crippen molar-refractivity contribution in [2.24, 2.45) is 5.92 Å². The van der Waals surface area contributed by atoms with Crippen molar-refractivity contribution in [3.05, 3.63) is 95.7 Å². The average molecular weight is 815 g/mol. The quantitative estimate of drug-likeness (QED) is 0.148. The van der Waals surface area contributed by atoms with Crippen LogP contribution in [0.2, 0.25) is 0 Å². The highest BCUT2D eigenvalue weighted by molar-refractivity contribution is 6.05. The van der Waals surface area contributed by atoms with E-state index in [0.29, 0.717) is 44.5 Å². The summed E-state index contributed by atoms with van der Waals surface area (Å²) in [7, 11) is 0. The van der Waals surface area contributed by atoms with E-state index in [1.165, 1.54) is 5.56 Å². The zero-order valence-corrected chi connectivity index (χ0v) is 35.1. The molecule has 3 aromatic carbocycles. The van der Waals surface area contributed by atoms with Gasteiger partial charge in [-0.3, -0.25) is 19.9 Å². The number of carbonyl (C=O) groups excluding carboxylic acids is 3. The van der Waals surface area contributed by atoms with E-state index < -0.39 is 0 Å². The van der Waals surface area contributed by atoms with Crippen molar-refractivity contribution in [2.45, 2.75) is 65.3 Å². The van der Waals surface area contributed by atoms with Crippen LogP contribution < -0.4 is 25.8 Å². The Morgan fingerprint density at radius 1 is 0.883 bits per heavy atom. The Morgan fingerprint density at radius 3 is 2.37 bits per heavy atom. The van der Waals surface area contributed by atoms with Gasteiger partial charge in [-0.15, -0.1) is 0 Å². The van der Waals surface area contributed by atoms with Crippen LogP contribution in [0.25, 0.3) is 11.3 Å². The topological polar surface area (TPSA) is 139 Å². The highest BCUT2D eigenvalue weighted by Gasteiger charge is 2.32. The minimum Gasteiger partial charge on any atom is -0.372 e. The number of anilines is 4. The van der Waals surface area contributed by atoms with Gasteiger partial charge in [-0.1, -0.05) is 30.3 Å². The van der Waals surface area contributed by atoms with Gasteiger partial charge in [0.25, 0.3) is 0 Å². The summed E-state index contributed by atoms with van der Waals surface area (Å²) in [6.07, 6.45) is 4.71. The van der Waals surface area contributed by atoms with Gasteiger partial charge in [-0.2, -0.15) is 0 Å². The molecule has 4 aromatic rings. The Balaban J connectivity index is 0.750. The van der Waals surface area contributed by atoms with Gasteiger partial charge in [-0.05, 0) is 98.7 Å². The minimum atomic E-state index is -0.341. The smallest absolute Gasteiger partial charge is 0.328 e. The van der Waals surface area contributed by atoms with Gasteiger partial charge >= 0.3 is 12.1 Å². The monoisotopic (exact) mass is 814 g/mol. The number of aryl methyl sites for hydroxylation is 1. The Kier molecular flexibility index (Phi) is 12.9. The number of nitrogens with one attached hydrogen (secondary N) is 3. The van der Waals surface area contributed by atoms with Crippen molar-refractivity contribution in [3.63, 3.8) is 0 Å². The third-order valence-corrected chi connectivity index (χ3v) is 12.1. The van der Waals surface area contributed by atoms with Gasteiger partial charge in [0, 0.05) is 101 Å². The summed E-state index contributed by atoms with van der Waals surface area (Å²) in [4.78, 5) is 56.9. The van der Waals surface area contributed by atoms with E-state index in [9.17, 15) is 14.4 Å². The summed E-state index contributed by atoms with van der Waals surface area (Å²) in [5.41, 5.74) is 8.19. The fraction of sp³-hybridized carbons (Fsp3) is 0.457. The van der Waals surface area contributed by atoms with E-state index in [-0.39, 0.29) is 30.2 Å². The summed E-state index contributed by atoms with van der Waals surface area (Å²) in [5, 5.41) is 8.85. The van der Waals surface area contributed by atoms with Gasteiger partial charge in [0.15, 0.2) is 0 Å². The van der Waals surface area contributed by atoms with Gasteiger partial charge in [-0.25, -0.2) is 19.6 Å². The molecule has 4 aliphatic heterocycles. The molecule has 14 heteroatoms. The second-order valence-electron chi connectivity index (χ2n) is 16.9. The third-order valence-electron chi connectivity index (χ3n) is 12.1. The molecule has 0 bridgehead atoms. The molecule has 5 amide bonds. The van der Waals surface area contributed by atoms with Crippen molar-refractivity contribution in [2.75, 3.05) is 80.6 Å². The molecule has 4 aliphatic rings. The summed E-state index contributed by atoms with van der Waals surface area (Å²) in [6, 6.07) is 24.4. The summed E-state index contributed by atoms with van der Waals surface area (Å²) in [5.74, 6) is 1.02. The molecule has 4 saturated heterocycles. The number of carbonyl (C=O) groups is 3. The molecule has 0 aliphatic carbocycles.